The zero-order chi connectivity index (χ0) is 19.4. The van der Waals surface area contributed by atoms with E-state index in [4.69, 9.17) is 4.74 Å². The van der Waals surface area contributed by atoms with Crippen molar-refractivity contribution in [3.63, 3.8) is 0 Å². The fourth-order valence-electron chi connectivity index (χ4n) is 2.74. The van der Waals surface area contributed by atoms with Crippen LogP contribution in [0.5, 0.6) is 5.75 Å². The van der Waals surface area contributed by atoms with Gasteiger partial charge < -0.3 is 4.74 Å². The largest absolute Gasteiger partial charge is 0.497 e. The average molecular weight is 384 g/mol. The molecule has 0 N–H and O–H groups in total. The predicted molar refractivity (Wildman–Crippen MR) is 106 cm³/mol. The molecule has 3 aromatic rings. The molecule has 1 heterocycles. The predicted octanol–water partition coefficient (Wildman–Crippen LogP) is 4.12. The summed E-state index contributed by atoms with van der Waals surface area (Å²) in [4.78, 5) is 17.5. The van der Waals surface area contributed by atoms with Crippen LogP contribution in [-0.4, -0.2) is 16.7 Å². The Morgan fingerprint density at radius 1 is 1.07 bits per heavy atom. The zero-order valence-electron chi connectivity index (χ0n) is 15.5. The fourth-order valence-corrected chi connectivity index (χ4v) is 3.70. The van der Waals surface area contributed by atoms with Gasteiger partial charge in [0.2, 0.25) is 0 Å². The van der Waals surface area contributed by atoms with E-state index in [1.807, 2.05) is 31.2 Å². The Kier molecular flexibility index (Phi) is 5.96. The van der Waals surface area contributed by atoms with E-state index < -0.39 is 0 Å². The van der Waals surface area contributed by atoms with E-state index in [0.717, 1.165) is 22.6 Å². The molecule has 0 radical (unpaired) electrons. The highest BCUT2D eigenvalue weighted by molar-refractivity contribution is 7.98. The van der Waals surface area contributed by atoms with Crippen molar-refractivity contribution in [1.29, 1.82) is 0 Å². The first-order valence-corrected chi connectivity index (χ1v) is 9.53. The minimum atomic E-state index is -0.256. The summed E-state index contributed by atoms with van der Waals surface area (Å²) in [6.45, 7) is 1.86. The Morgan fingerprint density at radius 3 is 2.33 bits per heavy atom. The molecule has 0 amide bonds. The van der Waals surface area contributed by atoms with Crippen LogP contribution in [0, 0.1) is 12.7 Å². The second kappa shape index (κ2) is 8.39. The van der Waals surface area contributed by atoms with Gasteiger partial charge >= 0.3 is 0 Å². The zero-order valence-corrected chi connectivity index (χ0v) is 16.3. The summed E-state index contributed by atoms with van der Waals surface area (Å²) in [5.41, 5.74) is 3.39. The molecule has 0 spiro atoms. The fraction of sp³-hybridized carbons (Fsp3) is 0.238. The van der Waals surface area contributed by atoms with Gasteiger partial charge in [-0.3, -0.25) is 9.36 Å². The minimum absolute atomic E-state index is 0.0417. The Hall–Kier alpha value is -2.60. The maximum atomic E-state index is 13.0. The van der Waals surface area contributed by atoms with Crippen molar-refractivity contribution in [2.45, 2.75) is 24.3 Å². The average Bonchev–Trinajstić information content (AvgIpc) is 2.68. The van der Waals surface area contributed by atoms with Crippen LogP contribution in [0.4, 0.5) is 4.39 Å². The first kappa shape index (κ1) is 19.2. The molecule has 2 aromatic carbocycles. The number of ether oxygens (including phenoxy) is 1. The minimum Gasteiger partial charge on any atom is -0.497 e. The molecule has 3 rings (SSSR count). The van der Waals surface area contributed by atoms with Crippen LogP contribution in [0.1, 0.15) is 22.4 Å². The number of thioether (sulfide) groups is 1. The number of aryl methyl sites for hydroxylation is 1. The molecule has 0 aliphatic heterocycles. The summed E-state index contributed by atoms with van der Waals surface area (Å²) in [5.74, 6) is 1.15. The number of benzene rings is 2. The molecular weight excluding hydrogens is 363 g/mol. The van der Waals surface area contributed by atoms with Crippen LogP contribution in [0.25, 0.3) is 0 Å². The van der Waals surface area contributed by atoms with Gasteiger partial charge in [-0.05, 0) is 42.3 Å². The van der Waals surface area contributed by atoms with Gasteiger partial charge in [0.1, 0.15) is 11.6 Å². The van der Waals surface area contributed by atoms with Crippen molar-refractivity contribution in [2.24, 2.45) is 7.05 Å². The van der Waals surface area contributed by atoms with Crippen LogP contribution in [0.2, 0.25) is 0 Å². The second-order valence-electron chi connectivity index (χ2n) is 6.26. The number of methoxy groups -OCH3 is 1. The quantitative estimate of drug-likeness (QED) is 0.474. The molecule has 0 aliphatic rings. The number of rotatable bonds is 6. The van der Waals surface area contributed by atoms with Gasteiger partial charge in [-0.15, -0.1) is 0 Å². The topological polar surface area (TPSA) is 44.1 Å². The van der Waals surface area contributed by atoms with Crippen molar-refractivity contribution >= 4 is 11.8 Å². The molecule has 0 bridgehead atoms. The highest BCUT2D eigenvalue weighted by Gasteiger charge is 2.13. The second-order valence-corrected chi connectivity index (χ2v) is 7.21. The smallest absolute Gasteiger partial charge is 0.257 e. The van der Waals surface area contributed by atoms with E-state index >= 15 is 0 Å². The standard InChI is InChI=1S/C21H21FN2O2S/c1-14-19(12-15-6-10-18(26-3)11-7-15)20(25)24(2)21(23-14)27-13-16-4-8-17(22)9-5-16/h4-11H,12-13H2,1-3H3. The summed E-state index contributed by atoms with van der Waals surface area (Å²) < 4.78 is 19.8. The van der Waals surface area contributed by atoms with Gasteiger partial charge in [-0.1, -0.05) is 36.0 Å². The maximum Gasteiger partial charge on any atom is 0.257 e. The third-order valence-corrected chi connectivity index (χ3v) is 5.47. The lowest BCUT2D eigenvalue weighted by Gasteiger charge is -2.12. The summed E-state index contributed by atoms with van der Waals surface area (Å²) in [7, 11) is 3.36. The third-order valence-electron chi connectivity index (χ3n) is 4.37. The van der Waals surface area contributed by atoms with Gasteiger partial charge in [-0.25, -0.2) is 9.37 Å². The molecule has 1 aromatic heterocycles. The van der Waals surface area contributed by atoms with Gasteiger partial charge in [0.25, 0.3) is 5.56 Å². The normalized spacial score (nSPS) is 10.8. The number of nitrogens with zero attached hydrogens (tertiary/aromatic N) is 2. The summed E-state index contributed by atoms with van der Waals surface area (Å²) in [5, 5.41) is 0.653. The van der Waals surface area contributed by atoms with Crippen LogP contribution >= 0.6 is 11.8 Å². The first-order chi connectivity index (χ1) is 13.0. The van der Waals surface area contributed by atoms with E-state index in [0.29, 0.717) is 22.9 Å². The molecule has 6 heteroatoms. The summed E-state index contributed by atoms with van der Waals surface area (Å²) in [6, 6.07) is 14.0. The first-order valence-electron chi connectivity index (χ1n) is 8.54. The van der Waals surface area contributed by atoms with Gasteiger partial charge in [0.05, 0.1) is 7.11 Å². The lowest BCUT2D eigenvalue weighted by molar-refractivity contribution is 0.414. The van der Waals surface area contributed by atoms with E-state index in [1.165, 1.54) is 23.9 Å². The molecule has 0 aliphatic carbocycles. The molecule has 27 heavy (non-hydrogen) atoms. The Morgan fingerprint density at radius 2 is 1.70 bits per heavy atom. The van der Waals surface area contributed by atoms with Crippen LogP contribution in [-0.2, 0) is 19.2 Å². The lowest BCUT2D eigenvalue weighted by Crippen LogP contribution is -2.25. The summed E-state index contributed by atoms with van der Waals surface area (Å²) in [6.07, 6.45) is 0.526. The Labute approximate surface area is 162 Å². The van der Waals surface area contributed by atoms with Crippen molar-refractivity contribution in [2.75, 3.05) is 7.11 Å². The number of aromatic nitrogens is 2. The monoisotopic (exact) mass is 384 g/mol. The highest BCUT2D eigenvalue weighted by atomic mass is 32.2. The van der Waals surface area contributed by atoms with E-state index in [1.54, 1.807) is 30.9 Å². The Balaban J connectivity index is 1.80. The van der Waals surface area contributed by atoms with Gasteiger partial charge in [-0.2, -0.15) is 0 Å². The lowest BCUT2D eigenvalue weighted by atomic mass is 10.1. The molecule has 0 atom stereocenters. The van der Waals surface area contributed by atoms with Crippen LogP contribution in [0.15, 0.2) is 58.5 Å². The Bertz CT molecular complexity index is 983. The summed E-state index contributed by atoms with van der Waals surface area (Å²) >= 11 is 1.47. The molecule has 0 fully saturated rings. The third kappa shape index (κ3) is 4.57. The molecular formula is C21H21FN2O2S. The van der Waals surface area contributed by atoms with Crippen molar-refractivity contribution in [1.82, 2.24) is 9.55 Å². The van der Waals surface area contributed by atoms with Gasteiger partial charge in [0, 0.05) is 30.5 Å². The van der Waals surface area contributed by atoms with Crippen molar-refractivity contribution < 1.29 is 9.13 Å². The highest BCUT2D eigenvalue weighted by Crippen LogP contribution is 2.21. The molecule has 0 unspecified atom stereocenters. The van der Waals surface area contributed by atoms with Gasteiger partial charge in [0.15, 0.2) is 5.16 Å². The van der Waals surface area contributed by atoms with Crippen LogP contribution in [0.3, 0.4) is 0 Å². The maximum absolute atomic E-state index is 13.0. The molecule has 0 saturated carbocycles. The van der Waals surface area contributed by atoms with Crippen molar-refractivity contribution in [3.8, 4) is 5.75 Å². The number of hydrogen-bond donors (Lipinski definition) is 0. The van der Waals surface area contributed by atoms with Crippen molar-refractivity contribution in [3.05, 3.63) is 87.1 Å². The number of halogens is 1. The molecule has 140 valence electrons. The van der Waals surface area contributed by atoms with E-state index in [2.05, 4.69) is 4.98 Å². The van der Waals surface area contributed by atoms with Crippen LogP contribution < -0.4 is 10.3 Å². The SMILES string of the molecule is COc1ccc(Cc2c(C)nc(SCc3ccc(F)cc3)n(C)c2=O)cc1. The van der Waals surface area contributed by atoms with E-state index in [9.17, 15) is 9.18 Å². The molecule has 4 nitrogen and oxygen atoms in total. The van der Waals surface area contributed by atoms with E-state index in [-0.39, 0.29) is 11.4 Å². The number of hydrogen-bond acceptors (Lipinski definition) is 4. The molecule has 0 saturated heterocycles.